The summed E-state index contributed by atoms with van der Waals surface area (Å²) in [6.45, 7) is 5.81. The van der Waals surface area contributed by atoms with Crippen LogP contribution in [-0.2, 0) is 0 Å². The van der Waals surface area contributed by atoms with Crippen molar-refractivity contribution in [2.45, 2.75) is 71.3 Å². The van der Waals surface area contributed by atoms with Gasteiger partial charge in [-0.1, -0.05) is 38.3 Å². The SMILES string of the molecule is CCNC(C1=CCCCC1)C1CCCC(C)C1. The summed E-state index contributed by atoms with van der Waals surface area (Å²) in [7, 11) is 0. The van der Waals surface area contributed by atoms with Crippen LogP contribution >= 0.6 is 0 Å². The first kappa shape index (κ1) is 13.1. The van der Waals surface area contributed by atoms with Gasteiger partial charge in [-0.25, -0.2) is 0 Å². The molecule has 0 radical (unpaired) electrons. The van der Waals surface area contributed by atoms with Crippen LogP contribution in [0.25, 0.3) is 0 Å². The summed E-state index contributed by atoms with van der Waals surface area (Å²) in [5, 5.41) is 3.77. The lowest BCUT2D eigenvalue weighted by atomic mass is 9.75. The van der Waals surface area contributed by atoms with Crippen LogP contribution in [0.4, 0.5) is 0 Å². The minimum atomic E-state index is 0.697. The van der Waals surface area contributed by atoms with Crippen LogP contribution in [0, 0.1) is 11.8 Å². The molecule has 0 aromatic heterocycles. The number of hydrogen-bond acceptors (Lipinski definition) is 1. The van der Waals surface area contributed by atoms with Crippen molar-refractivity contribution in [1.29, 1.82) is 0 Å². The monoisotopic (exact) mass is 235 g/mol. The van der Waals surface area contributed by atoms with Crippen molar-refractivity contribution in [2.24, 2.45) is 11.8 Å². The number of nitrogens with one attached hydrogen (secondary N) is 1. The highest BCUT2D eigenvalue weighted by molar-refractivity contribution is 5.15. The van der Waals surface area contributed by atoms with E-state index < -0.39 is 0 Å². The van der Waals surface area contributed by atoms with Crippen LogP contribution in [0.15, 0.2) is 11.6 Å². The Balaban J connectivity index is 2.02. The summed E-state index contributed by atoms with van der Waals surface area (Å²) in [4.78, 5) is 0. The van der Waals surface area contributed by atoms with E-state index in [9.17, 15) is 0 Å². The van der Waals surface area contributed by atoms with Crippen molar-refractivity contribution in [3.8, 4) is 0 Å². The fourth-order valence-electron chi connectivity index (χ4n) is 3.75. The average Bonchev–Trinajstić information content (AvgIpc) is 2.37. The van der Waals surface area contributed by atoms with Gasteiger partial charge in [0.25, 0.3) is 0 Å². The van der Waals surface area contributed by atoms with Crippen LogP contribution in [0.1, 0.15) is 65.2 Å². The fourth-order valence-corrected chi connectivity index (χ4v) is 3.75. The number of rotatable bonds is 4. The molecule has 0 heterocycles. The zero-order valence-corrected chi connectivity index (χ0v) is 11.7. The van der Waals surface area contributed by atoms with E-state index in [0.717, 1.165) is 18.4 Å². The zero-order valence-electron chi connectivity index (χ0n) is 11.7. The molecular weight excluding hydrogens is 206 g/mol. The number of allylic oxidation sites excluding steroid dienone is 1. The summed E-state index contributed by atoms with van der Waals surface area (Å²) >= 11 is 0. The van der Waals surface area contributed by atoms with Crippen LogP contribution in [0.5, 0.6) is 0 Å². The van der Waals surface area contributed by atoms with Gasteiger partial charge in [0.1, 0.15) is 0 Å². The molecule has 3 unspecified atom stereocenters. The summed E-state index contributed by atoms with van der Waals surface area (Å²) in [5.41, 5.74) is 1.73. The topological polar surface area (TPSA) is 12.0 Å². The predicted octanol–water partition coefficient (Wildman–Crippen LogP) is 4.29. The maximum atomic E-state index is 3.77. The second-order valence-corrected chi connectivity index (χ2v) is 6.09. The third-order valence-corrected chi connectivity index (χ3v) is 4.60. The van der Waals surface area contributed by atoms with Crippen molar-refractivity contribution in [3.63, 3.8) is 0 Å². The van der Waals surface area contributed by atoms with Gasteiger partial charge in [-0.05, 0) is 56.9 Å². The van der Waals surface area contributed by atoms with Gasteiger partial charge < -0.3 is 5.32 Å². The summed E-state index contributed by atoms with van der Waals surface area (Å²) in [6.07, 6.45) is 13.8. The third kappa shape index (κ3) is 3.58. The molecule has 2 rings (SSSR count). The molecule has 0 spiro atoms. The van der Waals surface area contributed by atoms with E-state index in [1.165, 1.54) is 51.4 Å². The second-order valence-electron chi connectivity index (χ2n) is 6.09. The van der Waals surface area contributed by atoms with Crippen molar-refractivity contribution in [1.82, 2.24) is 5.32 Å². The molecule has 98 valence electrons. The first-order chi connectivity index (χ1) is 8.31. The maximum absolute atomic E-state index is 3.77. The summed E-state index contributed by atoms with van der Waals surface area (Å²) < 4.78 is 0. The van der Waals surface area contributed by atoms with E-state index in [2.05, 4.69) is 25.2 Å². The zero-order chi connectivity index (χ0) is 12.1. The average molecular weight is 235 g/mol. The molecule has 1 heteroatoms. The van der Waals surface area contributed by atoms with E-state index >= 15 is 0 Å². The normalized spacial score (nSPS) is 32.0. The van der Waals surface area contributed by atoms with Crippen LogP contribution in [-0.4, -0.2) is 12.6 Å². The smallest absolute Gasteiger partial charge is 0.0307 e. The molecule has 17 heavy (non-hydrogen) atoms. The highest BCUT2D eigenvalue weighted by Crippen LogP contribution is 2.35. The molecule has 0 aromatic rings. The highest BCUT2D eigenvalue weighted by Gasteiger charge is 2.28. The molecule has 2 aliphatic rings. The standard InChI is InChI=1S/C16H29N/c1-3-17-16(14-9-5-4-6-10-14)15-11-7-8-13(2)12-15/h9,13,15-17H,3-8,10-12H2,1-2H3. The Morgan fingerprint density at radius 1 is 1.29 bits per heavy atom. The van der Waals surface area contributed by atoms with Gasteiger partial charge in [0.15, 0.2) is 0 Å². The Bertz CT molecular complexity index is 256. The third-order valence-electron chi connectivity index (χ3n) is 4.60. The lowest BCUT2D eigenvalue weighted by Crippen LogP contribution is -2.40. The van der Waals surface area contributed by atoms with Crippen molar-refractivity contribution in [3.05, 3.63) is 11.6 Å². The van der Waals surface area contributed by atoms with Gasteiger partial charge in [-0.3, -0.25) is 0 Å². The summed E-state index contributed by atoms with van der Waals surface area (Å²) in [5.74, 6) is 1.85. The molecule has 0 saturated heterocycles. The maximum Gasteiger partial charge on any atom is 0.0307 e. The highest BCUT2D eigenvalue weighted by atomic mass is 14.9. The van der Waals surface area contributed by atoms with Crippen LogP contribution < -0.4 is 5.32 Å². The number of likely N-dealkylation sites (N-methyl/N-ethyl adjacent to an activating group) is 1. The number of hydrogen-bond donors (Lipinski definition) is 1. The van der Waals surface area contributed by atoms with E-state index in [1.54, 1.807) is 5.57 Å². The Kier molecular flexibility index (Phi) is 5.09. The predicted molar refractivity (Wildman–Crippen MR) is 75.1 cm³/mol. The van der Waals surface area contributed by atoms with E-state index in [-0.39, 0.29) is 0 Å². The van der Waals surface area contributed by atoms with Gasteiger partial charge in [-0.2, -0.15) is 0 Å². The first-order valence-corrected chi connectivity index (χ1v) is 7.73. The Hall–Kier alpha value is -0.300. The van der Waals surface area contributed by atoms with E-state index in [1.807, 2.05) is 0 Å². The molecule has 1 saturated carbocycles. The van der Waals surface area contributed by atoms with Gasteiger partial charge in [0.2, 0.25) is 0 Å². The molecule has 2 aliphatic carbocycles. The minimum absolute atomic E-state index is 0.697. The van der Waals surface area contributed by atoms with Crippen LogP contribution in [0.3, 0.4) is 0 Å². The van der Waals surface area contributed by atoms with Crippen molar-refractivity contribution < 1.29 is 0 Å². The largest absolute Gasteiger partial charge is 0.310 e. The molecule has 0 aromatic carbocycles. The molecular formula is C16H29N. The Morgan fingerprint density at radius 3 is 2.82 bits per heavy atom. The quantitative estimate of drug-likeness (QED) is 0.717. The molecule has 0 amide bonds. The van der Waals surface area contributed by atoms with Gasteiger partial charge in [0.05, 0.1) is 0 Å². The molecule has 0 aliphatic heterocycles. The van der Waals surface area contributed by atoms with E-state index in [4.69, 9.17) is 0 Å². The van der Waals surface area contributed by atoms with Crippen LogP contribution in [0.2, 0.25) is 0 Å². The van der Waals surface area contributed by atoms with Crippen molar-refractivity contribution in [2.75, 3.05) is 6.54 Å². The van der Waals surface area contributed by atoms with Gasteiger partial charge >= 0.3 is 0 Å². The first-order valence-electron chi connectivity index (χ1n) is 7.73. The fraction of sp³-hybridized carbons (Fsp3) is 0.875. The van der Waals surface area contributed by atoms with Gasteiger partial charge in [-0.15, -0.1) is 0 Å². The lowest BCUT2D eigenvalue weighted by Gasteiger charge is -2.36. The van der Waals surface area contributed by atoms with E-state index in [0.29, 0.717) is 6.04 Å². The minimum Gasteiger partial charge on any atom is -0.310 e. The molecule has 1 fully saturated rings. The Morgan fingerprint density at radius 2 is 2.18 bits per heavy atom. The Labute approximate surface area is 107 Å². The van der Waals surface area contributed by atoms with Crippen molar-refractivity contribution >= 4 is 0 Å². The lowest BCUT2D eigenvalue weighted by molar-refractivity contribution is 0.237. The molecule has 1 nitrogen and oxygen atoms in total. The molecule has 0 bridgehead atoms. The summed E-state index contributed by atoms with van der Waals surface area (Å²) in [6, 6.07) is 0.697. The molecule has 3 atom stereocenters. The van der Waals surface area contributed by atoms with Gasteiger partial charge in [0, 0.05) is 6.04 Å². The molecule has 1 N–H and O–H groups in total. The second kappa shape index (κ2) is 6.58.